The molecule has 3 heterocycles. The second-order valence-electron chi connectivity index (χ2n) is 8.55. The van der Waals surface area contributed by atoms with E-state index in [1.807, 2.05) is 6.07 Å². The molecule has 2 fully saturated rings. The van der Waals surface area contributed by atoms with Crippen molar-refractivity contribution in [2.24, 2.45) is 7.05 Å². The Morgan fingerprint density at radius 1 is 1.31 bits per heavy atom. The van der Waals surface area contributed by atoms with Crippen LogP contribution in [0.3, 0.4) is 0 Å². The third-order valence-electron chi connectivity index (χ3n) is 6.08. The number of aliphatic hydroxyl groups is 1. The van der Waals surface area contributed by atoms with Crippen LogP contribution in [-0.2, 0) is 17.1 Å². The Hall–Kier alpha value is -2.75. The smallest absolute Gasteiger partial charge is 0.246 e. The molecular weight excluding hydrogens is 434 g/mol. The van der Waals surface area contributed by atoms with Crippen LogP contribution >= 0.6 is 0 Å². The summed E-state index contributed by atoms with van der Waals surface area (Å²) in [5.41, 5.74) is -0.756. The largest absolute Gasteiger partial charge is 0.470 e. The van der Waals surface area contributed by atoms with Crippen LogP contribution in [0.25, 0.3) is 0 Å². The van der Waals surface area contributed by atoms with Crippen molar-refractivity contribution in [2.75, 3.05) is 18.4 Å². The molecule has 0 aromatic carbocycles. The van der Waals surface area contributed by atoms with Gasteiger partial charge in [0.2, 0.25) is 21.9 Å². The lowest BCUT2D eigenvalue weighted by molar-refractivity contribution is -0.0271. The Balaban J connectivity index is 1.40. The second-order valence-corrected chi connectivity index (χ2v) is 10.5. The van der Waals surface area contributed by atoms with E-state index in [0.717, 1.165) is 6.42 Å². The molecule has 172 valence electrons. The molecule has 12 heteroatoms. The molecule has 32 heavy (non-hydrogen) atoms. The summed E-state index contributed by atoms with van der Waals surface area (Å²) < 4.78 is 34.3. The van der Waals surface area contributed by atoms with Crippen LogP contribution in [0, 0.1) is 11.3 Å². The number of ether oxygens (including phenoxy) is 1. The van der Waals surface area contributed by atoms with E-state index in [0.29, 0.717) is 44.7 Å². The molecule has 1 saturated carbocycles. The standard InChI is InChI=1S/C20H27N7O4S/c1-20(28)7-3-4-17(20)31-18-14(10-21)11-22-19(25-18)24-15-5-8-27(9-6-15)32(29,30)16-12-23-26(2)13-16/h11-13,15,17,28H,3-9H2,1-2H3,(H,22,24,25). The summed E-state index contributed by atoms with van der Waals surface area (Å²) in [5.74, 6) is 0.457. The van der Waals surface area contributed by atoms with Gasteiger partial charge in [0.05, 0.1) is 18.0 Å². The van der Waals surface area contributed by atoms with Crippen LogP contribution in [0.15, 0.2) is 23.5 Å². The van der Waals surface area contributed by atoms with Crippen LogP contribution in [0.5, 0.6) is 5.88 Å². The minimum Gasteiger partial charge on any atom is -0.470 e. The first-order valence-corrected chi connectivity index (χ1v) is 12.0. The fourth-order valence-corrected chi connectivity index (χ4v) is 5.60. The van der Waals surface area contributed by atoms with Gasteiger partial charge in [-0.3, -0.25) is 4.68 Å². The Morgan fingerprint density at radius 3 is 2.66 bits per heavy atom. The number of aromatic nitrogens is 4. The van der Waals surface area contributed by atoms with Crippen LogP contribution in [0.1, 0.15) is 44.6 Å². The van der Waals surface area contributed by atoms with Crippen molar-refractivity contribution in [1.82, 2.24) is 24.1 Å². The number of nitriles is 1. The highest BCUT2D eigenvalue weighted by molar-refractivity contribution is 7.89. The molecule has 0 bridgehead atoms. The molecule has 1 aliphatic carbocycles. The van der Waals surface area contributed by atoms with E-state index in [9.17, 15) is 18.8 Å². The van der Waals surface area contributed by atoms with Crippen molar-refractivity contribution in [3.63, 3.8) is 0 Å². The van der Waals surface area contributed by atoms with Crippen molar-refractivity contribution in [3.8, 4) is 11.9 Å². The highest BCUT2D eigenvalue weighted by atomic mass is 32.2. The average molecular weight is 462 g/mol. The Kier molecular flexibility index (Phi) is 6.07. The second kappa shape index (κ2) is 8.65. The summed E-state index contributed by atoms with van der Waals surface area (Å²) >= 11 is 0. The molecule has 1 saturated heterocycles. The fraction of sp³-hybridized carbons (Fsp3) is 0.600. The summed E-state index contributed by atoms with van der Waals surface area (Å²) in [4.78, 5) is 8.75. The number of nitrogens with zero attached hydrogens (tertiary/aromatic N) is 6. The Labute approximate surface area is 187 Å². The van der Waals surface area contributed by atoms with E-state index < -0.39 is 21.7 Å². The number of hydrogen-bond acceptors (Lipinski definition) is 9. The van der Waals surface area contributed by atoms with Gasteiger partial charge >= 0.3 is 0 Å². The maximum absolute atomic E-state index is 12.8. The van der Waals surface area contributed by atoms with Gasteiger partial charge in [-0.25, -0.2) is 13.4 Å². The maximum atomic E-state index is 12.8. The fourth-order valence-electron chi connectivity index (χ4n) is 4.14. The molecule has 11 nitrogen and oxygen atoms in total. The van der Waals surface area contributed by atoms with Gasteiger partial charge < -0.3 is 15.2 Å². The normalized spacial score (nSPS) is 24.9. The van der Waals surface area contributed by atoms with Crippen molar-refractivity contribution in [1.29, 1.82) is 5.26 Å². The molecule has 0 spiro atoms. The van der Waals surface area contributed by atoms with E-state index in [4.69, 9.17) is 4.74 Å². The molecule has 0 amide bonds. The van der Waals surface area contributed by atoms with E-state index in [-0.39, 0.29) is 22.4 Å². The lowest BCUT2D eigenvalue weighted by Gasteiger charge is -2.31. The number of hydrogen-bond donors (Lipinski definition) is 2. The number of aryl methyl sites for hydroxylation is 1. The highest BCUT2D eigenvalue weighted by Crippen LogP contribution is 2.33. The molecule has 2 aliphatic rings. The minimum atomic E-state index is -3.57. The summed E-state index contributed by atoms with van der Waals surface area (Å²) in [7, 11) is -1.89. The van der Waals surface area contributed by atoms with Gasteiger partial charge in [-0.15, -0.1) is 0 Å². The van der Waals surface area contributed by atoms with Gasteiger partial charge in [-0.05, 0) is 39.0 Å². The number of anilines is 1. The lowest BCUT2D eigenvalue weighted by Crippen LogP contribution is -2.42. The van der Waals surface area contributed by atoms with E-state index in [1.54, 1.807) is 14.0 Å². The molecule has 2 aromatic rings. The van der Waals surface area contributed by atoms with E-state index in [2.05, 4.69) is 20.4 Å². The lowest BCUT2D eigenvalue weighted by atomic mass is 10.0. The monoisotopic (exact) mass is 461 g/mol. The number of sulfonamides is 1. The highest BCUT2D eigenvalue weighted by Gasteiger charge is 2.39. The third-order valence-corrected chi connectivity index (χ3v) is 7.93. The molecule has 2 aromatic heterocycles. The van der Waals surface area contributed by atoms with Gasteiger partial charge in [0.15, 0.2) is 0 Å². The predicted molar refractivity (Wildman–Crippen MR) is 114 cm³/mol. The van der Waals surface area contributed by atoms with Crippen molar-refractivity contribution in [2.45, 2.75) is 61.7 Å². The SMILES string of the molecule is Cn1cc(S(=O)(=O)N2CCC(Nc3ncc(C#N)c(OC4CCCC4(C)O)n3)CC2)cn1. The van der Waals surface area contributed by atoms with E-state index >= 15 is 0 Å². The van der Waals surface area contributed by atoms with Crippen LogP contribution in [-0.4, -0.2) is 68.4 Å². The molecule has 2 atom stereocenters. The topological polar surface area (TPSA) is 146 Å². The molecule has 4 rings (SSSR count). The number of nitrogens with one attached hydrogen (secondary N) is 1. The number of piperidine rings is 1. The van der Waals surface area contributed by atoms with Crippen molar-refractivity contribution in [3.05, 3.63) is 24.2 Å². The van der Waals surface area contributed by atoms with Crippen molar-refractivity contribution < 1.29 is 18.3 Å². The van der Waals surface area contributed by atoms with Gasteiger partial charge in [-0.1, -0.05) is 0 Å². The summed E-state index contributed by atoms with van der Waals surface area (Å²) in [6.45, 7) is 2.45. The molecule has 1 aliphatic heterocycles. The number of rotatable bonds is 6. The van der Waals surface area contributed by atoms with E-state index in [1.165, 1.54) is 27.6 Å². The van der Waals surface area contributed by atoms with Gasteiger partial charge in [0.1, 0.15) is 22.6 Å². The van der Waals surface area contributed by atoms with Crippen LogP contribution in [0.2, 0.25) is 0 Å². The Bertz CT molecular complexity index is 1120. The molecule has 0 radical (unpaired) electrons. The zero-order valence-electron chi connectivity index (χ0n) is 18.1. The molecule has 2 N–H and O–H groups in total. The average Bonchev–Trinajstić information content (AvgIpc) is 3.34. The molecule has 2 unspecified atom stereocenters. The third kappa shape index (κ3) is 4.55. The Morgan fingerprint density at radius 2 is 2.06 bits per heavy atom. The summed E-state index contributed by atoms with van der Waals surface area (Å²) in [6.07, 6.45) is 7.14. The zero-order chi connectivity index (χ0) is 22.9. The first-order valence-electron chi connectivity index (χ1n) is 10.6. The summed E-state index contributed by atoms with van der Waals surface area (Å²) in [6, 6.07) is 2.01. The first-order chi connectivity index (χ1) is 15.2. The first kappa shape index (κ1) is 22.4. The van der Waals surface area contributed by atoms with Gasteiger partial charge in [0.25, 0.3) is 0 Å². The predicted octanol–water partition coefficient (Wildman–Crippen LogP) is 1.03. The van der Waals surface area contributed by atoms with Crippen LogP contribution in [0.4, 0.5) is 5.95 Å². The van der Waals surface area contributed by atoms with Gasteiger partial charge in [-0.2, -0.15) is 19.6 Å². The maximum Gasteiger partial charge on any atom is 0.246 e. The molecular formula is C20H27N7O4S. The quantitative estimate of drug-likeness (QED) is 0.644. The minimum absolute atomic E-state index is 0.0225. The van der Waals surface area contributed by atoms with Gasteiger partial charge in [0, 0.05) is 32.4 Å². The zero-order valence-corrected chi connectivity index (χ0v) is 18.9. The van der Waals surface area contributed by atoms with Crippen LogP contribution < -0.4 is 10.1 Å². The summed E-state index contributed by atoms with van der Waals surface area (Å²) in [5, 5.41) is 27.0. The van der Waals surface area contributed by atoms with Crippen molar-refractivity contribution >= 4 is 16.0 Å².